The number of nitrogens with one attached hydrogen (secondary N) is 2. The quantitative estimate of drug-likeness (QED) is 0.509. The van der Waals surface area contributed by atoms with Crippen molar-refractivity contribution in [1.29, 1.82) is 0 Å². The fraction of sp³-hybridized carbons (Fsp3) is 0.182. The van der Waals surface area contributed by atoms with Gasteiger partial charge in [-0.05, 0) is 36.2 Å². The van der Waals surface area contributed by atoms with Gasteiger partial charge in [0, 0.05) is 25.6 Å². The molecule has 0 fully saturated rings. The molecule has 7 nitrogen and oxygen atoms in total. The molecule has 0 atom stereocenters. The van der Waals surface area contributed by atoms with Gasteiger partial charge in [0.05, 0.1) is 22.8 Å². The van der Waals surface area contributed by atoms with E-state index in [4.69, 9.17) is 0 Å². The van der Waals surface area contributed by atoms with Crippen LogP contribution in [0, 0.1) is 0 Å². The van der Waals surface area contributed by atoms with E-state index in [1.54, 1.807) is 18.2 Å². The van der Waals surface area contributed by atoms with Crippen molar-refractivity contribution >= 4 is 16.8 Å². The molecular weight excluding hydrogens is 366 g/mol. The number of nitrogens with zero attached hydrogens (tertiary/aromatic N) is 3. The summed E-state index contributed by atoms with van der Waals surface area (Å²) in [7, 11) is 0. The first-order chi connectivity index (χ1) is 14.2. The fourth-order valence-electron chi connectivity index (χ4n) is 3.13. The lowest BCUT2D eigenvalue weighted by atomic mass is 10.2. The highest BCUT2D eigenvalue weighted by molar-refractivity contribution is 5.78. The Morgan fingerprint density at radius 1 is 1.03 bits per heavy atom. The Morgan fingerprint density at radius 3 is 2.69 bits per heavy atom. The van der Waals surface area contributed by atoms with E-state index in [1.807, 2.05) is 53.5 Å². The van der Waals surface area contributed by atoms with E-state index in [0.717, 1.165) is 11.3 Å². The molecule has 2 heterocycles. The smallest absolute Gasteiger partial charge is 0.258 e. The summed E-state index contributed by atoms with van der Waals surface area (Å²) in [5.41, 5.74) is 2.51. The molecule has 0 bridgehead atoms. The van der Waals surface area contributed by atoms with Crippen LogP contribution in [0.5, 0.6) is 0 Å². The van der Waals surface area contributed by atoms with Crippen molar-refractivity contribution in [3.63, 3.8) is 0 Å². The number of H-pyrrole nitrogens is 1. The number of hydrogen-bond donors (Lipinski definition) is 2. The van der Waals surface area contributed by atoms with Crippen molar-refractivity contribution in [2.75, 3.05) is 6.54 Å². The maximum atomic E-state index is 12.1. The monoisotopic (exact) mass is 387 g/mol. The van der Waals surface area contributed by atoms with Crippen LogP contribution in [-0.2, 0) is 17.6 Å². The van der Waals surface area contributed by atoms with E-state index in [1.165, 1.54) is 0 Å². The molecule has 0 aliphatic heterocycles. The first-order valence-electron chi connectivity index (χ1n) is 9.53. The molecule has 0 spiro atoms. The highest BCUT2D eigenvalue weighted by atomic mass is 16.1. The van der Waals surface area contributed by atoms with Gasteiger partial charge in [-0.1, -0.05) is 30.3 Å². The first kappa shape index (κ1) is 18.6. The van der Waals surface area contributed by atoms with Crippen molar-refractivity contribution < 1.29 is 4.79 Å². The maximum Gasteiger partial charge on any atom is 0.258 e. The van der Waals surface area contributed by atoms with Crippen molar-refractivity contribution in [1.82, 2.24) is 25.1 Å². The average molecular weight is 387 g/mol. The lowest BCUT2D eigenvalue weighted by Gasteiger charge is -2.05. The van der Waals surface area contributed by atoms with Gasteiger partial charge in [-0.3, -0.25) is 9.59 Å². The predicted molar refractivity (Wildman–Crippen MR) is 111 cm³/mol. The molecule has 4 aromatic rings. The predicted octanol–water partition coefficient (Wildman–Crippen LogP) is 2.40. The number of aryl methyl sites for hydroxylation is 1. The van der Waals surface area contributed by atoms with Gasteiger partial charge >= 0.3 is 0 Å². The molecule has 0 saturated carbocycles. The SMILES string of the molecule is O=C(CCc1nc2ccccc2c(=O)[nH]1)NCCc1cnn(-c2ccccc2)c1. The molecule has 0 aliphatic carbocycles. The van der Waals surface area contributed by atoms with Crippen LogP contribution < -0.4 is 10.9 Å². The third-order valence-electron chi connectivity index (χ3n) is 4.64. The van der Waals surface area contributed by atoms with Crippen LogP contribution in [0.25, 0.3) is 16.6 Å². The molecular formula is C22H21N5O2. The molecule has 0 aliphatic rings. The Kier molecular flexibility index (Phi) is 5.47. The fourth-order valence-corrected chi connectivity index (χ4v) is 3.13. The number of carbonyl (C=O) groups is 1. The summed E-state index contributed by atoms with van der Waals surface area (Å²) in [6.45, 7) is 0.529. The lowest BCUT2D eigenvalue weighted by Crippen LogP contribution is -2.26. The molecule has 2 aromatic carbocycles. The number of aromatic nitrogens is 4. The third-order valence-corrected chi connectivity index (χ3v) is 4.64. The second-order valence-corrected chi connectivity index (χ2v) is 6.76. The molecule has 0 saturated heterocycles. The first-order valence-corrected chi connectivity index (χ1v) is 9.53. The summed E-state index contributed by atoms with van der Waals surface area (Å²) in [4.78, 5) is 31.4. The summed E-state index contributed by atoms with van der Waals surface area (Å²) >= 11 is 0. The molecule has 146 valence electrons. The average Bonchev–Trinajstić information content (AvgIpc) is 3.22. The van der Waals surface area contributed by atoms with Crippen LogP contribution >= 0.6 is 0 Å². The zero-order chi connectivity index (χ0) is 20.1. The maximum absolute atomic E-state index is 12.1. The number of rotatable bonds is 7. The van der Waals surface area contributed by atoms with E-state index in [0.29, 0.717) is 36.1 Å². The van der Waals surface area contributed by atoms with Gasteiger partial charge in [0.1, 0.15) is 5.82 Å². The van der Waals surface area contributed by atoms with Gasteiger partial charge in [-0.2, -0.15) is 5.10 Å². The van der Waals surface area contributed by atoms with Crippen LogP contribution in [0.1, 0.15) is 17.8 Å². The second kappa shape index (κ2) is 8.52. The molecule has 2 aromatic heterocycles. The summed E-state index contributed by atoms with van der Waals surface area (Å²) in [6.07, 6.45) is 5.13. The van der Waals surface area contributed by atoms with Gasteiger partial charge in [-0.15, -0.1) is 0 Å². The number of carbonyl (C=O) groups excluding carboxylic acids is 1. The van der Waals surface area contributed by atoms with Crippen LogP contribution in [-0.4, -0.2) is 32.2 Å². The Hall–Kier alpha value is -3.74. The topological polar surface area (TPSA) is 92.7 Å². The van der Waals surface area contributed by atoms with Crippen LogP contribution in [0.15, 0.2) is 71.8 Å². The van der Waals surface area contributed by atoms with E-state index in [2.05, 4.69) is 20.4 Å². The molecule has 2 N–H and O–H groups in total. The Labute approximate surface area is 167 Å². The minimum atomic E-state index is -0.179. The number of hydrogen-bond acceptors (Lipinski definition) is 4. The van der Waals surface area contributed by atoms with Crippen molar-refractivity contribution in [3.05, 3.63) is 88.7 Å². The molecule has 1 amide bonds. The molecule has 7 heteroatoms. The second-order valence-electron chi connectivity index (χ2n) is 6.76. The van der Waals surface area contributed by atoms with Gasteiger partial charge in [0.2, 0.25) is 5.91 Å². The lowest BCUT2D eigenvalue weighted by molar-refractivity contribution is -0.121. The Bertz CT molecular complexity index is 1180. The Balaban J connectivity index is 1.27. The third kappa shape index (κ3) is 4.57. The number of para-hydroxylation sites is 2. The van der Waals surface area contributed by atoms with Gasteiger partial charge in [0.25, 0.3) is 5.56 Å². The van der Waals surface area contributed by atoms with Crippen molar-refractivity contribution in [2.45, 2.75) is 19.3 Å². The number of aromatic amines is 1. The van der Waals surface area contributed by atoms with Crippen LogP contribution in [0.3, 0.4) is 0 Å². The summed E-state index contributed by atoms with van der Waals surface area (Å²) < 4.78 is 1.82. The van der Waals surface area contributed by atoms with Gasteiger partial charge in [-0.25, -0.2) is 9.67 Å². The van der Waals surface area contributed by atoms with Crippen LogP contribution in [0.4, 0.5) is 0 Å². The van der Waals surface area contributed by atoms with E-state index in [9.17, 15) is 9.59 Å². The van der Waals surface area contributed by atoms with E-state index < -0.39 is 0 Å². The zero-order valence-electron chi connectivity index (χ0n) is 15.8. The standard InChI is InChI=1S/C22H21N5O2/c28-21(11-10-20-25-19-9-5-4-8-18(19)22(29)26-20)23-13-12-16-14-24-27(15-16)17-6-2-1-3-7-17/h1-9,14-15H,10-13H2,(H,23,28)(H,25,26,29). The number of amides is 1. The van der Waals surface area contributed by atoms with Gasteiger partial charge < -0.3 is 10.3 Å². The zero-order valence-corrected chi connectivity index (χ0v) is 15.8. The number of benzene rings is 2. The summed E-state index contributed by atoms with van der Waals surface area (Å²) in [6, 6.07) is 17.0. The minimum absolute atomic E-state index is 0.0729. The number of fused-ring (bicyclic) bond motifs is 1. The molecule has 29 heavy (non-hydrogen) atoms. The van der Waals surface area contributed by atoms with Crippen molar-refractivity contribution in [2.24, 2.45) is 0 Å². The molecule has 0 radical (unpaired) electrons. The molecule has 0 unspecified atom stereocenters. The summed E-state index contributed by atoms with van der Waals surface area (Å²) in [5, 5.41) is 7.81. The highest BCUT2D eigenvalue weighted by Crippen LogP contribution is 2.08. The van der Waals surface area contributed by atoms with E-state index in [-0.39, 0.29) is 17.9 Å². The Morgan fingerprint density at radius 2 is 1.83 bits per heavy atom. The van der Waals surface area contributed by atoms with Crippen LogP contribution in [0.2, 0.25) is 0 Å². The van der Waals surface area contributed by atoms with Gasteiger partial charge in [0.15, 0.2) is 0 Å². The van der Waals surface area contributed by atoms with E-state index >= 15 is 0 Å². The molecule has 4 rings (SSSR count). The van der Waals surface area contributed by atoms with Crippen molar-refractivity contribution in [3.8, 4) is 5.69 Å². The minimum Gasteiger partial charge on any atom is -0.356 e. The highest BCUT2D eigenvalue weighted by Gasteiger charge is 2.07. The summed E-state index contributed by atoms with van der Waals surface area (Å²) in [5.74, 6) is 0.448. The normalized spacial score (nSPS) is 10.9. The largest absolute Gasteiger partial charge is 0.356 e.